The first kappa shape index (κ1) is 15.1. The predicted molar refractivity (Wildman–Crippen MR) is 85.1 cm³/mol. The Labute approximate surface area is 132 Å². The van der Waals surface area contributed by atoms with Crippen LogP contribution in [0.1, 0.15) is 32.6 Å². The van der Waals surface area contributed by atoms with Gasteiger partial charge >= 0.3 is 0 Å². The average Bonchev–Trinajstić information content (AvgIpc) is 2.70. The number of ether oxygens (including phenoxy) is 2. The third-order valence-electron chi connectivity index (χ3n) is 4.77. The van der Waals surface area contributed by atoms with E-state index in [9.17, 15) is 0 Å². The fourth-order valence-corrected chi connectivity index (χ4v) is 3.67. The van der Waals surface area contributed by atoms with Crippen LogP contribution >= 0.6 is 11.6 Å². The van der Waals surface area contributed by atoms with Crippen LogP contribution in [-0.2, 0) is 4.74 Å². The zero-order valence-corrected chi connectivity index (χ0v) is 13.6. The van der Waals surface area contributed by atoms with E-state index in [2.05, 4.69) is 18.9 Å². The minimum atomic E-state index is 0.0588. The zero-order valence-electron chi connectivity index (χ0n) is 12.8. The summed E-state index contributed by atoms with van der Waals surface area (Å²) in [4.78, 5) is 2.54. The summed E-state index contributed by atoms with van der Waals surface area (Å²) in [5, 5.41) is 0.730. The molecule has 2 aliphatic rings. The van der Waals surface area contributed by atoms with E-state index in [0.29, 0.717) is 12.7 Å². The second-order valence-electron chi connectivity index (χ2n) is 6.36. The normalized spacial score (nSPS) is 30.3. The van der Waals surface area contributed by atoms with Crippen LogP contribution in [0.3, 0.4) is 0 Å². The number of benzene rings is 1. The molecule has 4 heteroatoms. The fraction of sp³-hybridized carbons (Fsp3) is 0.647. The van der Waals surface area contributed by atoms with Crippen LogP contribution in [0.2, 0.25) is 5.02 Å². The molecule has 116 valence electrons. The maximum Gasteiger partial charge on any atom is 0.119 e. The summed E-state index contributed by atoms with van der Waals surface area (Å²) in [5.41, 5.74) is 0. The van der Waals surface area contributed by atoms with Crippen molar-refractivity contribution in [1.29, 1.82) is 0 Å². The molecule has 2 unspecified atom stereocenters. The van der Waals surface area contributed by atoms with Crippen molar-refractivity contribution in [2.24, 2.45) is 0 Å². The molecular weight excluding hydrogens is 286 g/mol. The van der Waals surface area contributed by atoms with Gasteiger partial charge < -0.3 is 14.4 Å². The number of hydrogen-bond donors (Lipinski definition) is 0. The van der Waals surface area contributed by atoms with Gasteiger partial charge in [0.05, 0.1) is 12.7 Å². The summed E-state index contributed by atoms with van der Waals surface area (Å²) >= 11 is 5.87. The van der Waals surface area contributed by atoms with E-state index in [1.54, 1.807) is 0 Å². The van der Waals surface area contributed by atoms with Crippen LogP contribution in [0, 0.1) is 0 Å². The Balaban J connectivity index is 1.44. The first-order valence-corrected chi connectivity index (χ1v) is 8.25. The Morgan fingerprint density at radius 1 is 1.19 bits per heavy atom. The number of nitrogens with zero attached hydrogens (tertiary/aromatic N) is 1. The number of halogens is 1. The van der Waals surface area contributed by atoms with Gasteiger partial charge in [-0.15, -0.1) is 0 Å². The van der Waals surface area contributed by atoms with E-state index < -0.39 is 0 Å². The summed E-state index contributed by atoms with van der Waals surface area (Å²) in [6, 6.07) is 8.93. The molecule has 2 bridgehead atoms. The van der Waals surface area contributed by atoms with Gasteiger partial charge in [0, 0.05) is 17.1 Å². The molecular formula is C17H24ClNO2. The SMILES string of the molecule is CC(COC1C[C@H]2CC[C@@H](C1)N2C)Oc1ccc(Cl)cc1. The topological polar surface area (TPSA) is 21.7 Å². The van der Waals surface area contributed by atoms with Gasteiger partial charge in [-0.3, -0.25) is 0 Å². The van der Waals surface area contributed by atoms with Crippen LogP contribution in [0.25, 0.3) is 0 Å². The van der Waals surface area contributed by atoms with Crippen molar-refractivity contribution in [3.8, 4) is 5.75 Å². The molecule has 4 atom stereocenters. The molecule has 1 aromatic carbocycles. The third-order valence-corrected chi connectivity index (χ3v) is 5.02. The Bertz CT molecular complexity index is 450. The lowest BCUT2D eigenvalue weighted by Crippen LogP contribution is -2.43. The highest BCUT2D eigenvalue weighted by Gasteiger charge is 2.38. The van der Waals surface area contributed by atoms with Crippen LogP contribution in [-0.4, -0.2) is 42.8 Å². The molecule has 3 rings (SSSR count). The fourth-order valence-electron chi connectivity index (χ4n) is 3.55. The van der Waals surface area contributed by atoms with Gasteiger partial charge in [0.15, 0.2) is 0 Å². The Hall–Kier alpha value is -0.770. The Kier molecular flexibility index (Phi) is 4.72. The van der Waals surface area contributed by atoms with E-state index in [0.717, 1.165) is 22.9 Å². The summed E-state index contributed by atoms with van der Waals surface area (Å²) in [6.45, 7) is 2.70. The summed E-state index contributed by atoms with van der Waals surface area (Å²) in [7, 11) is 2.25. The molecule has 0 aliphatic carbocycles. The lowest BCUT2D eigenvalue weighted by Gasteiger charge is -2.36. The summed E-state index contributed by atoms with van der Waals surface area (Å²) in [5.74, 6) is 0.846. The van der Waals surface area contributed by atoms with Gasteiger partial charge in [0.25, 0.3) is 0 Å². The van der Waals surface area contributed by atoms with Gasteiger partial charge in [0.1, 0.15) is 11.9 Å². The highest BCUT2D eigenvalue weighted by Crippen LogP contribution is 2.35. The first-order chi connectivity index (χ1) is 10.1. The van der Waals surface area contributed by atoms with Crippen molar-refractivity contribution in [1.82, 2.24) is 4.90 Å². The predicted octanol–water partition coefficient (Wildman–Crippen LogP) is 3.75. The number of hydrogen-bond acceptors (Lipinski definition) is 3. The van der Waals surface area contributed by atoms with E-state index in [4.69, 9.17) is 21.1 Å². The van der Waals surface area contributed by atoms with Crippen LogP contribution in [0.15, 0.2) is 24.3 Å². The summed E-state index contributed by atoms with van der Waals surface area (Å²) in [6.07, 6.45) is 5.45. The van der Waals surface area contributed by atoms with Gasteiger partial charge in [-0.25, -0.2) is 0 Å². The molecule has 0 spiro atoms. The molecule has 2 fully saturated rings. The molecule has 2 aliphatic heterocycles. The largest absolute Gasteiger partial charge is 0.488 e. The van der Waals surface area contributed by atoms with Crippen molar-refractivity contribution in [3.05, 3.63) is 29.3 Å². The van der Waals surface area contributed by atoms with Gasteiger partial charge in [-0.05, 0) is 63.9 Å². The van der Waals surface area contributed by atoms with E-state index >= 15 is 0 Å². The second-order valence-corrected chi connectivity index (χ2v) is 6.80. The first-order valence-electron chi connectivity index (χ1n) is 7.87. The third kappa shape index (κ3) is 3.71. The monoisotopic (exact) mass is 309 g/mol. The molecule has 2 heterocycles. The van der Waals surface area contributed by atoms with E-state index in [-0.39, 0.29) is 6.10 Å². The molecule has 2 saturated heterocycles. The van der Waals surface area contributed by atoms with E-state index in [1.165, 1.54) is 25.7 Å². The molecule has 0 amide bonds. The number of fused-ring (bicyclic) bond motifs is 2. The molecule has 21 heavy (non-hydrogen) atoms. The molecule has 0 radical (unpaired) electrons. The van der Waals surface area contributed by atoms with Gasteiger partial charge in [-0.1, -0.05) is 11.6 Å². The summed E-state index contributed by atoms with van der Waals surface area (Å²) < 4.78 is 11.9. The average molecular weight is 310 g/mol. The molecule has 0 saturated carbocycles. The standard InChI is InChI=1S/C17H24ClNO2/c1-12(21-16-7-3-13(18)4-8-16)11-20-17-9-14-5-6-15(10-17)19(14)2/h3-4,7-8,12,14-15,17H,5-6,9-11H2,1-2H3/t12?,14-,15+,17?. The van der Waals surface area contributed by atoms with Crippen LogP contribution < -0.4 is 4.74 Å². The molecule has 3 nitrogen and oxygen atoms in total. The highest BCUT2D eigenvalue weighted by atomic mass is 35.5. The molecule has 0 N–H and O–H groups in total. The zero-order chi connectivity index (χ0) is 14.8. The van der Waals surface area contributed by atoms with Crippen molar-refractivity contribution in [2.45, 2.75) is 56.9 Å². The van der Waals surface area contributed by atoms with Crippen LogP contribution in [0.4, 0.5) is 0 Å². The molecule has 1 aromatic rings. The Morgan fingerprint density at radius 2 is 1.81 bits per heavy atom. The number of rotatable bonds is 5. The van der Waals surface area contributed by atoms with Crippen molar-refractivity contribution in [3.63, 3.8) is 0 Å². The van der Waals surface area contributed by atoms with Crippen molar-refractivity contribution >= 4 is 11.6 Å². The Morgan fingerprint density at radius 3 is 2.43 bits per heavy atom. The lowest BCUT2D eigenvalue weighted by atomic mass is 10.0. The quantitative estimate of drug-likeness (QED) is 0.827. The minimum absolute atomic E-state index is 0.0588. The second kappa shape index (κ2) is 6.55. The number of piperidine rings is 1. The van der Waals surface area contributed by atoms with Gasteiger partial charge in [0.2, 0.25) is 0 Å². The maximum absolute atomic E-state index is 6.09. The minimum Gasteiger partial charge on any atom is -0.488 e. The maximum atomic E-state index is 6.09. The molecule has 0 aromatic heterocycles. The van der Waals surface area contributed by atoms with E-state index in [1.807, 2.05) is 24.3 Å². The van der Waals surface area contributed by atoms with Crippen LogP contribution in [0.5, 0.6) is 5.75 Å². The van der Waals surface area contributed by atoms with Crippen molar-refractivity contribution in [2.75, 3.05) is 13.7 Å². The highest BCUT2D eigenvalue weighted by molar-refractivity contribution is 6.30. The van der Waals surface area contributed by atoms with Gasteiger partial charge in [-0.2, -0.15) is 0 Å². The van der Waals surface area contributed by atoms with Crippen molar-refractivity contribution < 1.29 is 9.47 Å². The smallest absolute Gasteiger partial charge is 0.119 e. The lowest BCUT2D eigenvalue weighted by molar-refractivity contribution is -0.0381.